The van der Waals surface area contributed by atoms with Crippen LogP contribution in [0.15, 0.2) is 0 Å². The molecular formula is C9H19NO4. The molecule has 0 aromatic rings. The van der Waals surface area contributed by atoms with E-state index in [9.17, 15) is 0 Å². The molecule has 0 saturated carbocycles. The minimum Gasteiger partial charge on any atom is -0.351 e. The fourth-order valence-corrected chi connectivity index (χ4v) is 1.30. The molecule has 1 aliphatic rings. The van der Waals surface area contributed by atoms with Crippen molar-refractivity contribution in [2.75, 3.05) is 13.2 Å². The highest BCUT2D eigenvalue weighted by Crippen LogP contribution is 2.21. The molecule has 0 bridgehead atoms. The Morgan fingerprint density at radius 2 is 1.71 bits per heavy atom. The van der Waals surface area contributed by atoms with Crippen LogP contribution in [-0.4, -0.2) is 38.1 Å². The molecule has 1 saturated heterocycles. The predicted molar refractivity (Wildman–Crippen MR) is 50.4 cm³/mol. The third-order valence-electron chi connectivity index (χ3n) is 1.94. The van der Waals surface area contributed by atoms with E-state index in [1.54, 1.807) is 0 Å². The summed E-state index contributed by atoms with van der Waals surface area (Å²) in [5.74, 6) is 0. The molecular weight excluding hydrogens is 186 g/mol. The van der Waals surface area contributed by atoms with Gasteiger partial charge in [0.05, 0.1) is 0 Å². The van der Waals surface area contributed by atoms with Crippen LogP contribution in [0.25, 0.3) is 0 Å². The van der Waals surface area contributed by atoms with Crippen molar-refractivity contribution >= 4 is 0 Å². The molecule has 1 fully saturated rings. The number of hydrogen-bond acceptors (Lipinski definition) is 5. The second-order valence-corrected chi connectivity index (χ2v) is 3.06. The summed E-state index contributed by atoms with van der Waals surface area (Å²) in [7, 11) is 0. The number of ether oxygens (including phenoxy) is 4. The molecule has 1 atom stereocenters. The van der Waals surface area contributed by atoms with Crippen LogP contribution in [0.2, 0.25) is 0 Å². The van der Waals surface area contributed by atoms with Crippen molar-refractivity contribution in [2.45, 2.75) is 45.7 Å². The van der Waals surface area contributed by atoms with Gasteiger partial charge in [0.15, 0.2) is 18.9 Å². The van der Waals surface area contributed by atoms with Crippen LogP contribution in [-0.2, 0) is 18.9 Å². The van der Waals surface area contributed by atoms with Gasteiger partial charge in [-0.25, -0.2) is 0 Å². The van der Waals surface area contributed by atoms with E-state index in [0.717, 1.165) is 0 Å². The number of rotatable bonds is 6. The van der Waals surface area contributed by atoms with E-state index in [4.69, 9.17) is 24.7 Å². The zero-order valence-corrected chi connectivity index (χ0v) is 8.93. The maximum Gasteiger partial charge on any atom is 0.183 e. The quantitative estimate of drug-likeness (QED) is 0.637. The van der Waals surface area contributed by atoms with E-state index in [2.05, 4.69) is 0 Å². The summed E-state index contributed by atoms with van der Waals surface area (Å²) < 4.78 is 21.2. The van der Waals surface area contributed by atoms with Gasteiger partial charge in [-0.1, -0.05) is 0 Å². The molecule has 0 radical (unpaired) electrons. The maximum atomic E-state index is 5.86. The number of hydrogen-bond donors (Lipinski definition) is 1. The summed E-state index contributed by atoms with van der Waals surface area (Å²) in [6.07, 6.45) is -1.04. The van der Waals surface area contributed by atoms with Gasteiger partial charge in [-0.2, -0.15) is 0 Å². The summed E-state index contributed by atoms with van der Waals surface area (Å²) in [4.78, 5) is 0. The molecule has 1 heterocycles. The van der Waals surface area contributed by atoms with Gasteiger partial charge in [0.1, 0.15) is 6.04 Å². The van der Waals surface area contributed by atoms with E-state index < -0.39 is 18.6 Å². The smallest absolute Gasteiger partial charge is 0.183 e. The Morgan fingerprint density at radius 3 is 2.07 bits per heavy atom. The van der Waals surface area contributed by atoms with Gasteiger partial charge in [-0.15, -0.1) is 0 Å². The Hall–Kier alpha value is -0.200. The monoisotopic (exact) mass is 205 g/mol. The molecule has 0 spiro atoms. The average Bonchev–Trinajstić information content (AvgIpc) is 2.12. The summed E-state index contributed by atoms with van der Waals surface area (Å²) in [6.45, 7) is 6.72. The van der Waals surface area contributed by atoms with Gasteiger partial charge in [0, 0.05) is 13.2 Å². The van der Waals surface area contributed by atoms with Crippen molar-refractivity contribution in [3.63, 3.8) is 0 Å². The Labute approximate surface area is 84.4 Å². The molecule has 5 nitrogen and oxygen atoms in total. The van der Waals surface area contributed by atoms with Crippen LogP contribution >= 0.6 is 0 Å². The van der Waals surface area contributed by atoms with Crippen molar-refractivity contribution in [1.29, 1.82) is 0 Å². The zero-order valence-electron chi connectivity index (χ0n) is 8.93. The largest absolute Gasteiger partial charge is 0.351 e. The fraction of sp³-hybridized carbons (Fsp3) is 1.00. The lowest BCUT2D eigenvalue weighted by Crippen LogP contribution is -2.56. The first-order valence-corrected chi connectivity index (χ1v) is 4.98. The van der Waals surface area contributed by atoms with Crippen molar-refractivity contribution < 1.29 is 18.9 Å². The topological polar surface area (TPSA) is 62.9 Å². The minimum atomic E-state index is -0.456. The van der Waals surface area contributed by atoms with E-state index in [0.29, 0.717) is 13.2 Å². The van der Waals surface area contributed by atoms with Crippen LogP contribution in [0, 0.1) is 0 Å². The third-order valence-corrected chi connectivity index (χ3v) is 1.94. The SMILES string of the molecule is CCOC(OCC)C(N)C1OC(C)O1. The van der Waals surface area contributed by atoms with Gasteiger partial charge in [-0.3, -0.25) is 0 Å². The summed E-state index contributed by atoms with van der Waals surface area (Å²) in [6, 6.07) is -0.397. The Kier molecular flexibility index (Phi) is 4.77. The fourth-order valence-electron chi connectivity index (χ4n) is 1.30. The number of nitrogens with two attached hydrogens (primary N) is 1. The van der Waals surface area contributed by atoms with E-state index in [1.807, 2.05) is 20.8 Å². The lowest BCUT2D eigenvalue weighted by molar-refractivity contribution is -0.394. The molecule has 0 aromatic carbocycles. The molecule has 0 amide bonds. The molecule has 1 aliphatic heterocycles. The van der Waals surface area contributed by atoms with Gasteiger partial charge in [0.2, 0.25) is 0 Å². The highest BCUT2D eigenvalue weighted by Gasteiger charge is 2.37. The standard InChI is InChI=1S/C9H19NO4/c1-4-11-8(12-5-2)7(10)9-13-6(3)14-9/h6-9H,4-5,10H2,1-3H3. The van der Waals surface area contributed by atoms with Crippen LogP contribution < -0.4 is 5.73 Å². The second-order valence-electron chi connectivity index (χ2n) is 3.06. The minimum absolute atomic E-state index is 0.171. The van der Waals surface area contributed by atoms with Crippen molar-refractivity contribution in [3.05, 3.63) is 0 Å². The molecule has 1 rings (SSSR count). The maximum absolute atomic E-state index is 5.86. The third kappa shape index (κ3) is 2.90. The van der Waals surface area contributed by atoms with Crippen LogP contribution in [0.1, 0.15) is 20.8 Å². The van der Waals surface area contributed by atoms with Crippen molar-refractivity contribution in [2.24, 2.45) is 5.73 Å². The molecule has 1 unspecified atom stereocenters. The lowest BCUT2D eigenvalue weighted by atomic mass is 10.2. The first kappa shape index (κ1) is 11.9. The van der Waals surface area contributed by atoms with Crippen molar-refractivity contribution in [1.82, 2.24) is 0 Å². The Morgan fingerprint density at radius 1 is 1.21 bits per heavy atom. The Bertz CT molecular complexity index is 155. The van der Waals surface area contributed by atoms with Crippen LogP contribution in [0.5, 0.6) is 0 Å². The Balaban J connectivity index is 2.33. The zero-order chi connectivity index (χ0) is 10.6. The highest BCUT2D eigenvalue weighted by atomic mass is 16.9. The average molecular weight is 205 g/mol. The molecule has 2 N–H and O–H groups in total. The molecule has 5 heteroatoms. The van der Waals surface area contributed by atoms with Crippen LogP contribution in [0.3, 0.4) is 0 Å². The predicted octanol–water partition coefficient (Wildman–Crippen LogP) is 0.432. The first-order chi connectivity index (χ1) is 6.69. The molecule has 14 heavy (non-hydrogen) atoms. The summed E-state index contributed by atoms with van der Waals surface area (Å²) >= 11 is 0. The van der Waals surface area contributed by atoms with Crippen molar-refractivity contribution in [3.8, 4) is 0 Å². The molecule has 0 aliphatic carbocycles. The van der Waals surface area contributed by atoms with E-state index in [1.165, 1.54) is 0 Å². The van der Waals surface area contributed by atoms with Gasteiger partial charge in [0.25, 0.3) is 0 Å². The summed E-state index contributed by atoms with van der Waals surface area (Å²) in [5, 5.41) is 0. The van der Waals surface area contributed by atoms with Gasteiger partial charge < -0.3 is 24.7 Å². The second kappa shape index (κ2) is 5.63. The summed E-state index contributed by atoms with van der Waals surface area (Å²) in [5.41, 5.74) is 5.86. The van der Waals surface area contributed by atoms with Gasteiger partial charge >= 0.3 is 0 Å². The van der Waals surface area contributed by atoms with Crippen LogP contribution in [0.4, 0.5) is 0 Å². The van der Waals surface area contributed by atoms with E-state index in [-0.39, 0.29) is 6.29 Å². The highest BCUT2D eigenvalue weighted by molar-refractivity contribution is 4.74. The molecule has 0 aromatic heterocycles. The first-order valence-electron chi connectivity index (χ1n) is 4.98. The van der Waals surface area contributed by atoms with E-state index >= 15 is 0 Å². The lowest BCUT2D eigenvalue weighted by Gasteiger charge is -2.39. The van der Waals surface area contributed by atoms with Gasteiger partial charge in [-0.05, 0) is 20.8 Å². The molecule has 84 valence electrons. The normalized spacial score (nSPS) is 28.9.